The van der Waals surface area contributed by atoms with Gasteiger partial charge in [-0.1, -0.05) is 6.92 Å². The van der Waals surface area contributed by atoms with Gasteiger partial charge in [-0.05, 0) is 12.2 Å². The SMILES string of the molecule is CCCSc1cnn(C)c1C(=O)O. The summed E-state index contributed by atoms with van der Waals surface area (Å²) in [6.45, 7) is 2.06. The Morgan fingerprint density at radius 3 is 3.00 bits per heavy atom. The van der Waals surface area contributed by atoms with E-state index in [0.717, 1.165) is 17.1 Å². The van der Waals surface area contributed by atoms with Gasteiger partial charge in [0.1, 0.15) is 0 Å². The summed E-state index contributed by atoms with van der Waals surface area (Å²) in [5, 5.41) is 12.8. The molecule has 0 radical (unpaired) electrons. The van der Waals surface area contributed by atoms with E-state index in [0.29, 0.717) is 0 Å². The van der Waals surface area contributed by atoms with E-state index in [1.54, 1.807) is 13.2 Å². The molecule has 0 bridgehead atoms. The molecule has 0 saturated heterocycles. The zero-order chi connectivity index (χ0) is 9.84. The van der Waals surface area contributed by atoms with E-state index in [2.05, 4.69) is 12.0 Å². The van der Waals surface area contributed by atoms with E-state index >= 15 is 0 Å². The molecule has 0 aliphatic rings. The molecule has 1 rings (SSSR count). The van der Waals surface area contributed by atoms with Gasteiger partial charge in [0, 0.05) is 7.05 Å². The number of aryl methyl sites for hydroxylation is 1. The Labute approximate surface area is 80.9 Å². The van der Waals surface area contributed by atoms with Crippen LogP contribution in [0.2, 0.25) is 0 Å². The van der Waals surface area contributed by atoms with Crippen molar-refractivity contribution in [3.05, 3.63) is 11.9 Å². The van der Waals surface area contributed by atoms with Crippen LogP contribution >= 0.6 is 11.8 Å². The molecule has 1 N–H and O–H groups in total. The molecule has 13 heavy (non-hydrogen) atoms. The highest BCUT2D eigenvalue weighted by Crippen LogP contribution is 2.22. The van der Waals surface area contributed by atoms with Gasteiger partial charge in [0.25, 0.3) is 0 Å². The normalized spacial score (nSPS) is 10.3. The maximum atomic E-state index is 10.8. The average Bonchev–Trinajstić information content (AvgIpc) is 2.43. The van der Waals surface area contributed by atoms with Crippen LogP contribution in [0.25, 0.3) is 0 Å². The Morgan fingerprint density at radius 1 is 1.77 bits per heavy atom. The summed E-state index contributed by atoms with van der Waals surface area (Å²) in [7, 11) is 1.64. The number of carboxylic acids is 1. The van der Waals surface area contributed by atoms with Gasteiger partial charge in [-0.15, -0.1) is 11.8 Å². The third-order valence-corrected chi connectivity index (χ3v) is 2.79. The van der Waals surface area contributed by atoms with Gasteiger partial charge >= 0.3 is 5.97 Å². The number of carbonyl (C=O) groups is 1. The van der Waals surface area contributed by atoms with Crippen LogP contribution in [0.4, 0.5) is 0 Å². The van der Waals surface area contributed by atoms with Gasteiger partial charge < -0.3 is 5.11 Å². The Balaban J connectivity index is 2.87. The van der Waals surface area contributed by atoms with Crippen molar-refractivity contribution in [2.24, 2.45) is 7.05 Å². The Morgan fingerprint density at radius 2 is 2.46 bits per heavy atom. The highest BCUT2D eigenvalue weighted by molar-refractivity contribution is 7.99. The number of thioether (sulfide) groups is 1. The van der Waals surface area contributed by atoms with Crippen molar-refractivity contribution in [3.8, 4) is 0 Å². The molecule has 0 unspecified atom stereocenters. The fourth-order valence-corrected chi connectivity index (χ4v) is 1.88. The monoisotopic (exact) mass is 200 g/mol. The van der Waals surface area contributed by atoms with Gasteiger partial charge in [-0.2, -0.15) is 5.10 Å². The number of rotatable bonds is 4. The predicted molar refractivity (Wildman–Crippen MR) is 51.2 cm³/mol. The van der Waals surface area contributed by atoms with Gasteiger partial charge in [-0.25, -0.2) is 4.79 Å². The van der Waals surface area contributed by atoms with Crippen molar-refractivity contribution in [3.63, 3.8) is 0 Å². The molecule has 0 spiro atoms. The smallest absolute Gasteiger partial charge is 0.355 e. The first-order valence-corrected chi connectivity index (χ1v) is 5.03. The lowest BCUT2D eigenvalue weighted by atomic mass is 10.4. The molecule has 1 aromatic rings. The molecule has 0 fully saturated rings. The summed E-state index contributed by atoms with van der Waals surface area (Å²) in [6, 6.07) is 0. The van der Waals surface area contributed by atoms with Crippen LogP contribution in [0.3, 0.4) is 0 Å². The quantitative estimate of drug-likeness (QED) is 0.750. The zero-order valence-corrected chi connectivity index (χ0v) is 8.47. The van der Waals surface area contributed by atoms with Gasteiger partial charge in [0.15, 0.2) is 5.69 Å². The van der Waals surface area contributed by atoms with Crippen molar-refractivity contribution in [1.82, 2.24) is 9.78 Å². The van der Waals surface area contributed by atoms with Crippen molar-refractivity contribution >= 4 is 17.7 Å². The Bertz CT molecular complexity index is 309. The lowest BCUT2D eigenvalue weighted by molar-refractivity contribution is 0.0681. The molecular formula is C8H12N2O2S. The minimum absolute atomic E-state index is 0.276. The molecule has 5 heteroatoms. The second kappa shape index (κ2) is 4.32. The summed E-state index contributed by atoms with van der Waals surface area (Å²) in [4.78, 5) is 11.5. The van der Waals surface area contributed by atoms with E-state index in [4.69, 9.17) is 5.11 Å². The van der Waals surface area contributed by atoms with Crippen molar-refractivity contribution in [1.29, 1.82) is 0 Å². The zero-order valence-electron chi connectivity index (χ0n) is 7.65. The van der Waals surface area contributed by atoms with E-state index in [1.165, 1.54) is 16.4 Å². The Hall–Kier alpha value is -0.970. The molecule has 1 aromatic heterocycles. The standard InChI is InChI=1S/C8H12N2O2S/c1-3-4-13-6-5-9-10(2)7(6)8(11)12/h5H,3-4H2,1-2H3,(H,11,12). The summed E-state index contributed by atoms with van der Waals surface area (Å²) < 4.78 is 1.39. The molecule has 1 heterocycles. The highest BCUT2D eigenvalue weighted by atomic mass is 32.2. The van der Waals surface area contributed by atoms with Crippen molar-refractivity contribution in [2.45, 2.75) is 18.2 Å². The van der Waals surface area contributed by atoms with Crippen LogP contribution in [0.1, 0.15) is 23.8 Å². The maximum Gasteiger partial charge on any atom is 0.355 e. The van der Waals surface area contributed by atoms with Crippen LogP contribution in [0, 0.1) is 0 Å². The van der Waals surface area contributed by atoms with Crippen LogP contribution in [-0.4, -0.2) is 26.6 Å². The summed E-state index contributed by atoms with van der Waals surface area (Å²) in [6.07, 6.45) is 2.63. The molecule has 4 nitrogen and oxygen atoms in total. The first kappa shape index (κ1) is 10.1. The molecule has 0 saturated carbocycles. The minimum atomic E-state index is -0.918. The first-order valence-electron chi connectivity index (χ1n) is 4.05. The van der Waals surface area contributed by atoms with E-state index in [-0.39, 0.29) is 5.69 Å². The fourth-order valence-electron chi connectivity index (χ4n) is 0.979. The van der Waals surface area contributed by atoms with E-state index in [1.807, 2.05) is 0 Å². The summed E-state index contributed by atoms with van der Waals surface area (Å²) >= 11 is 1.53. The third kappa shape index (κ3) is 2.24. The number of aromatic nitrogens is 2. The molecule has 0 aliphatic heterocycles. The molecule has 72 valence electrons. The van der Waals surface area contributed by atoms with Gasteiger partial charge in [0.2, 0.25) is 0 Å². The number of aromatic carboxylic acids is 1. The molecule has 0 aliphatic carbocycles. The lowest BCUT2D eigenvalue weighted by Gasteiger charge is -1.99. The van der Waals surface area contributed by atoms with Crippen molar-refractivity contribution in [2.75, 3.05) is 5.75 Å². The molecule has 0 amide bonds. The minimum Gasteiger partial charge on any atom is -0.476 e. The maximum absolute atomic E-state index is 10.8. The van der Waals surface area contributed by atoms with Crippen LogP contribution in [-0.2, 0) is 7.05 Å². The van der Waals surface area contributed by atoms with Crippen molar-refractivity contribution < 1.29 is 9.90 Å². The van der Waals surface area contributed by atoms with Crippen LogP contribution < -0.4 is 0 Å². The van der Waals surface area contributed by atoms with E-state index in [9.17, 15) is 4.79 Å². The fraction of sp³-hybridized carbons (Fsp3) is 0.500. The van der Waals surface area contributed by atoms with Gasteiger partial charge in [0.05, 0.1) is 11.1 Å². The highest BCUT2D eigenvalue weighted by Gasteiger charge is 2.15. The lowest BCUT2D eigenvalue weighted by Crippen LogP contribution is -2.06. The average molecular weight is 200 g/mol. The topological polar surface area (TPSA) is 55.1 Å². The molecular weight excluding hydrogens is 188 g/mol. The third-order valence-electron chi connectivity index (χ3n) is 1.57. The number of hydrogen-bond donors (Lipinski definition) is 1. The second-order valence-corrected chi connectivity index (χ2v) is 3.77. The molecule has 0 atom stereocenters. The number of carboxylic acid groups (broad SMARTS) is 1. The summed E-state index contributed by atoms with van der Waals surface area (Å²) in [5.74, 6) is 0.00463. The molecule has 0 aromatic carbocycles. The Kier molecular flexibility index (Phi) is 3.36. The largest absolute Gasteiger partial charge is 0.476 e. The van der Waals surface area contributed by atoms with Crippen LogP contribution in [0.15, 0.2) is 11.1 Å². The van der Waals surface area contributed by atoms with E-state index < -0.39 is 5.97 Å². The summed E-state index contributed by atoms with van der Waals surface area (Å²) in [5.41, 5.74) is 0.276. The second-order valence-electron chi connectivity index (χ2n) is 2.63. The number of nitrogens with zero attached hydrogens (tertiary/aromatic N) is 2. The van der Waals surface area contributed by atoms with Crippen LogP contribution in [0.5, 0.6) is 0 Å². The first-order chi connectivity index (χ1) is 6.16. The predicted octanol–water partition coefficient (Wildman–Crippen LogP) is 1.62. The van der Waals surface area contributed by atoms with Gasteiger partial charge in [-0.3, -0.25) is 4.68 Å². The number of hydrogen-bond acceptors (Lipinski definition) is 3.